The van der Waals surface area contributed by atoms with E-state index in [-0.39, 0.29) is 5.91 Å². The van der Waals surface area contributed by atoms with Crippen LogP contribution in [0.1, 0.15) is 30.4 Å². The van der Waals surface area contributed by atoms with Crippen molar-refractivity contribution in [3.8, 4) is 11.3 Å². The fourth-order valence-corrected chi connectivity index (χ4v) is 2.77. The summed E-state index contributed by atoms with van der Waals surface area (Å²) in [6, 6.07) is 5.44. The van der Waals surface area contributed by atoms with Gasteiger partial charge in [-0.2, -0.15) is 0 Å². The minimum Gasteiger partial charge on any atom is -0.318 e. The maximum absolute atomic E-state index is 12.3. The number of fused-ring (bicyclic) bond motifs is 1. The number of amides is 1. The van der Waals surface area contributed by atoms with Crippen LogP contribution in [0.15, 0.2) is 24.4 Å². The summed E-state index contributed by atoms with van der Waals surface area (Å²) in [5.74, 6) is 0.488. The zero-order valence-corrected chi connectivity index (χ0v) is 13.2. The van der Waals surface area contributed by atoms with Crippen molar-refractivity contribution >= 4 is 29.1 Å². The molecule has 1 aliphatic rings. The molecule has 0 aliphatic carbocycles. The van der Waals surface area contributed by atoms with Gasteiger partial charge in [-0.25, -0.2) is 4.98 Å². The van der Waals surface area contributed by atoms with E-state index in [2.05, 4.69) is 11.9 Å². The average molecular weight is 324 g/mol. The summed E-state index contributed by atoms with van der Waals surface area (Å²) in [7, 11) is 0. The summed E-state index contributed by atoms with van der Waals surface area (Å²) in [5, 5.41) is 1.01. The molecule has 0 saturated heterocycles. The maximum atomic E-state index is 12.3. The van der Waals surface area contributed by atoms with Gasteiger partial charge in [0.2, 0.25) is 5.82 Å². The first-order valence-electron chi connectivity index (χ1n) is 6.92. The zero-order chi connectivity index (χ0) is 15.0. The largest absolute Gasteiger partial charge is 0.318 e. The van der Waals surface area contributed by atoms with Gasteiger partial charge < -0.3 is 9.47 Å². The molecular weight excluding hydrogens is 309 g/mol. The van der Waals surface area contributed by atoms with Gasteiger partial charge in [-0.15, -0.1) is 0 Å². The van der Waals surface area contributed by atoms with Crippen molar-refractivity contribution in [1.29, 1.82) is 0 Å². The number of unbranched alkanes of at least 4 members (excludes halogenated alkanes) is 1. The van der Waals surface area contributed by atoms with Crippen molar-refractivity contribution in [2.45, 2.75) is 26.4 Å². The molecule has 4 nitrogen and oxygen atoms in total. The first-order chi connectivity index (χ1) is 10.1. The smallest absolute Gasteiger partial charge is 0.291 e. The number of imidazole rings is 1. The third kappa shape index (κ3) is 2.54. The van der Waals surface area contributed by atoms with E-state index in [0.717, 1.165) is 30.6 Å². The fraction of sp³-hybridized carbons (Fsp3) is 0.333. The van der Waals surface area contributed by atoms with Gasteiger partial charge >= 0.3 is 0 Å². The van der Waals surface area contributed by atoms with Gasteiger partial charge in [0.25, 0.3) is 5.91 Å². The number of rotatable bonds is 4. The van der Waals surface area contributed by atoms with Crippen molar-refractivity contribution in [3.63, 3.8) is 0 Å². The van der Waals surface area contributed by atoms with E-state index in [1.54, 1.807) is 18.3 Å². The summed E-state index contributed by atoms with van der Waals surface area (Å²) in [5.41, 5.74) is 1.80. The van der Waals surface area contributed by atoms with E-state index >= 15 is 0 Å². The Morgan fingerprint density at radius 1 is 1.29 bits per heavy atom. The molecule has 110 valence electrons. The summed E-state index contributed by atoms with van der Waals surface area (Å²) in [4.78, 5) is 18.4. The van der Waals surface area contributed by atoms with Crippen LogP contribution >= 0.6 is 23.2 Å². The van der Waals surface area contributed by atoms with Gasteiger partial charge in [-0.05, 0) is 18.6 Å². The predicted molar refractivity (Wildman–Crippen MR) is 83.6 cm³/mol. The third-order valence-corrected chi connectivity index (χ3v) is 4.38. The Morgan fingerprint density at radius 2 is 2.10 bits per heavy atom. The fourth-order valence-electron chi connectivity index (χ4n) is 2.47. The Morgan fingerprint density at radius 3 is 2.81 bits per heavy atom. The minimum absolute atomic E-state index is 0.00485. The quantitative estimate of drug-likeness (QED) is 0.850. The Bertz CT molecular complexity index is 696. The SMILES string of the molecule is CCCCN1Cn2c(-c3ccc(Cl)c(Cl)c3)cnc2C1=O. The number of benzene rings is 1. The number of carbonyl (C=O) groups excluding carboxylic acids is 1. The number of halogens is 2. The van der Waals surface area contributed by atoms with Gasteiger partial charge in [-0.3, -0.25) is 4.79 Å². The van der Waals surface area contributed by atoms with Crippen molar-refractivity contribution in [2.75, 3.05) is 6.54 Å². The molecule has 1 aliphatic heterocycles. The molecule has 0 bridgehead atoms. The lowest BCUT2D eigenvalue weighted by molar-refractivity contribution is 0.0764. The molecule has 1 aromatic carbocycles. The Balaban J connectivity index is 1.93. The van der Waals surface area contributed by atoms with E-state index in [4.69, 9.17) is 23.2 Å². The molecule has 0 N–H and O–H groups in total. The van der Waals surface area contributed by atoms with Crippen molar-refractivity contribution in [2.24, 2.45) is 0 Å². The van der Waals surface area contributed by atoms with Crippen LogP contribution in [0, 0.1) is 0 Å². The van der Waals surface area contributed by atoms with E-state index in [0.29, 0.717) is 22.5 Å². The van der Waals surface area contributed by atoms with Gasteiger partial charge in [0.15, 0.2) is 0 Å². The van der Waals surface area contributed by atoms with Crippen LogP contribution in [-0.4, -0.2) is 26.9 Å². The number of hydrogen-bond donors (Lipinski definition) is 0. The summed E-state index contributed by atoms with van der Waals surface area (Å²) < 4.78 is 1.93. The Hall–Kier alpha value is -1.52. The van der Waals surface area contributed by atoms with E-state index < -0.39 is 0 Å². The van der Waals surface area contributed by atoms with Crippen LogP contribution in [0.3, 0.4) is 0 Å². The average Bonchev–Trinajstić information content (AvgIpc) is 3.01. The summed E-state index contributed by atoms with van der Waals surface area (Å²) in [6.07, 6.45) is 3.77. The molecule has 0 radical (unpaired) electrons. The van der Waals surface area contributed by atoms with E-state index in [1.807, 2.05) is 15.5 Å². The summed E-state index contributed by atoms with van der Waals surface area (Å²) >= 11 is 12.0. The summed E-state index contributed by atoms with van der Waals surface area (Å²) in [6.45, 7) is 3.42. The first kappa shape index (κ1) is 14.4. The number of carbonyl (C=O) groups is 1. The molecule has 1 aromatic heterocycles. The highest BCUT2D eigenvalue weighted by Crippen LogP contribution is 2.31. The second kappa shape index (κ2) is 5.70. The standard InChI is InChI=1S/C15H15Cl2N3O/c1-2-3-6-19-9-20-13(8-18-14(20)15(19)21)10-4-5-11(16)12(17)7-10/h4-5,7-8H,2-3,6,9H2,1H3. The van der Waals surface area contributed by atoms with Gasteiger partial charge in [0, 0.05) is 12.1 Å². The van der Waals surface area contributed by atoms with Gasteiger partial charge in [0.05, 0.1) is 28.6 Å². The molecule has 2 aromatic rings. The monoisotopic (exact) mass is 323 g/mol. The predicted octanol–water partition coefficient (Wildman–Crippen LogP) is 4.07. The van der Waals surface area contributed by atoms with Gasteiger partial charge in [-0.1, -0.05) is 42.6 Å². The molecule has 3 rings (SSSR count). The molecule has 0 unspecified atom stereocenters. The highest BCUT2D eigenvalue weighted by molar-refractivity contribution is 6.42. The highest BCUT2D eigenvalue weighted by Gasteiger charge is 2.30. The van der Waals surface area contributed by atoms with Gasteiger partial charge in [0.1, 0.15) is 0 Å². The molecule has 0 fully saturated rings. The highest BCUT2D eigenvalue weighted by atomic mass is 35.5. The number of hydrogen-bond acceptors (Lipinski definition) is 2. The van der Waals surface area contributed by atoms with Crippen molar-refractivity contribution in [1.82, 2.24) is 14.5 Å². The lowest BCUT2D eigenvalue weighted by atomic mass is 10.2. The lowest BCUT2D eigenvalue weighted by Gasteiger charge is -2.15. The van der Waals surface area contributed by atoms with E-state index in [9.17, 15) is 4.79 Å². The molecule has 6 heteroatoms. The molecule has 0 atom stereocenters. The lowest BCUT2D eigenvalue weighted by Crippen LogP contribution is -2.25. The topological polar surface area (TPSA) is 38.1 Å². The van der Waals surface area contributed by atoms with E-state index in [1.165, 1.54) is 0 Å². The van der Waals surface area contributed by atoms with Crippen LogP contribution in [0.5, 0.6) is 0 Å². The normalized spacial score (nSPS) is 13.9. The van der Waals surface area contributed by atoms with Crippen molar-refractivity contribution < 1.29 is 4.79 Å². The number of nitrogens with zero attached hydrogens (tertiary/aromatic N) is 3. The Kier molecular flexibility index (Phi) is 3.91. The third-order valence-electron chi connectivity index (χ3n) is 3.64. The van der Waals surface area contributed by atoms with Crippen molar-refractivity contribution in [3.05, 3.63) is 40.3 Å². The second-order valence-electron chi connectivity index (χ2n) is 5.09. The molecular formula is C15H15Cl2N3O. The number of aromatic nitrogens is 2. The van der Waals surface area contributed by atoms with Crippen LogP contribution < -0.4 is 0 Å². The zero-order valence-electron chi connectivity index (χ0n) is 11.6. The van der Waals surface area contributed by atoms with Crippen LogP contribution in [-0.2, 0) is 6.67 Å². The van der Waals surface area contributed by atoms with Crippen LogP contribution in [0.4, 0.5) is 0 Å². The Labute approximate surface area is 133 Å². The molecule has 21 heavy (non-hydrogen) atoms. The molecule has 0 spiro atoms. The molecule has 2 heterocycles. The maximum Gasteiger partial charge on any atom is 0.291 e. The second-order valence-corrected chi connectivity index (χ2v) is 5.90. The van der Waals surface area contributed by atoms with Crippen LogP contribution in [0.25, 0.3) is 11.3 Å². The molecule has 0 saturated carbocycles. The minimum atomic E-state index is -0.00485. The van der Waals surface area contributed by atoms with Crippen LogP contribution in [0.2, 0.25) is 10.0 Å². The molecule has 1 amide bonds. The first-order valence-corrected chi connectivity index (χ1v) is 7.67.